The van der Waals surface area contributed by atoms with E-state index in [1.807, 2.05) is 18.2 Å². The van der Waals surface area contributed by atoms with E-state index in [4.69, 9.17) is 15.2 Å². The molecule has 0 bridgehead atoms. The lowest BCUT2D eigenvalue weighted by Crippen LogP contribution is -2.03. The molecular formula is C12H12N4O2. The Bertz CT molecular complexity index is 574. The third-order valence-electron chi connectivity index (χ3n) is 2.56. The van der Waals surface area contributed by atoms with Gasteiger partial charge in [0.25, 0.3) is 0 Å². The molecule has 2 aromatic rings. The summed E-state index contributed by atoms with van der Waals surface area (Å²) in [6.07, 6.45) is 3.13. The lowest BCUT2D eigenvalue weighted by atomic mass is 10.2. The summed E-state index contributed by atoms with van der Waals surface area (Å²) < 4.78 is 10.6. The van der Waals surface area contributed by atoms with Gasteiger partial charge in [-0.25, -0.2) is 4.98 Å². The standard InChI is InChI=1S/C12H12N4O2/c13-11-5-14-6-12(16-11)15-4-8-1-2-9-10(3-8)18-7-17-9/h1-3,5-6H,4,7H2,(H3,13,15,16). The minimum atomic E-state index is 0.285. The van der Waals surface area contributed by atoms with Gasteiger partial charge in [-0.15, -0.1) is 0 Å². The maximum absolute atomic E-state index is 5.55. The van der Waals surface area contributed by atoms with E-state index < -0.39 is 0 Å². The Morgan fingerprint density at radius 2 is 2.11 bits per heavy atom. The van der Waals surface area contributed by atoms with Gasteiger partial charge in [-0.2, -0.15) is 0 Å². The van der Waals surface area contributed by atoms with Gasteiger partial charge in [0.2, 0.25) is 6.79 Å². The van der Waals surface area contributed by atoms with Crippen LogP contribution in [0.1, 0.15) is 5.56 Å². The van der Waals surface area contributed by atoms with E-state index in [2.05, 4.69) is 15.3 Å². The first-order valence-electron chi connectivity index (χ1n) is 5.51. The molecule has 0 saturated carbocycles. The minimum absolute atomic E-state index is 0.285. The van der Waals surface area contributed by atoms with Gasteiger partial charge >= 0.3 is 0 Å². The van der Waals surface area contributed by atoms with Gasteiger partial charge < -0.3 is 20.5 Å². The highest BCUT2D eigenvalue weighted by Crippen LogP contribution is 2.32. The van der Waals surface area contributed by atoms with Crippen molar-refractivity contribution in [2.45, 2.75) is 6.54 Å². The molecule has 6 nitrogen and oxygen atoms in total. The fraction of sp³-hybridized carbons (Fsp3) is 0.167. The van der Waals surface area contributed by atoms with Crippen molar-refractivity contribution >= 4 is 11.6 Å². The van der Waals surface area contributed by atoms with E-state index in [-0.39, 0.29) is 6.79 Å². The lowest BCUT2D eigenvalue weighted by molar-refractivity contribution is 0.174. The molecule has 6 heteroatoms. The topological polar surface area (TPSA) is 82.3 Å². The van der Waals surface area contributed by atoms with Crippen molar-refractivity contribution in [1.29, 1.82) is 0 Å². The van der Waals surface area contributed by atoms with Crippen LogP contribution in [0.25, 0.3) is 0 Å². The number of nitrogens with zero attached hydrogens (tertiary/aromatic N) is 2. The van der Waals surface area contributed by atoms with Crippen LogP contribution in [0.4, 0.5) is 11.6 Å². The van der Waals surface area contributed by atoms with Crippen molar-refractivity contribution in [3.05, 3.63) is 36.2 Å². The summed E-state index contributed by atoms with van der Waals surface area (Å²) in [4.78, 5) is 8.07. The molecule has 0 unspecified atom stereocenters. The first kappa shape index (κ1) is 10.6. The lowest BCUT2D eigenvalue weighted by Gasteiger charge is -2.06. The molecule has 0 fully saturated rings. The number of hydrogen-bond donors (Lipinski definition) is 2. The van der Waals surface area contributed by atoms with Crippen LogP contribution < -0.4 is 20.5 Å². The van der Waals surface area contributed by atoms with Crippen LogP contribution in [-0.4, -0.2) is 16.8 Å². The number of nitrogens with one attached hydrogen (secondary N) is 1. The maximum atomic E-state index is 5.55. The molecule has 0 spiro atoms. The molecule has 0 amide bonds. The summed E-state index contributed by atoms with van der Waals surface area (Å²) in [5.41, 5.74) is 6.62. The Hall–Kier alpha value is -2.50. The molecule has 1 aliphatic rings. The number of anilines is 2. The van der Waals surface area contributed by atoms with E-state index in [1.165, 1.54) is 6.20 Å². The van der Waals surface area contributed by atoms with Gasteiger partial charge in [0.15, 0.2) is 11.5 Å². The van der Waals surface area contributed by atoms with Crippen LogP contribution in [0, 0.1) is 0 Å². The van der Waals surface area contributed by atoms with Crippen molar-refractivity contribution in [1.82, 2.24) is 9.97 Å². The summed E-state index contributed by atoms with van der Waals surface area (Å²) in [5.74, 6) is 2.59. The minimum Gasteiger partial charge on any atom is -0.454 e. The number of fused-ring (bicyclic) bond motifs is 1. The molecule has 0 saturated heterocycles. The first-order chi connectivity index (χ1) is 8.81. The Kier molecular flexibility index (Phi) is 2.60. The number of aromatic nitrogens is 2. The molecule has 3 N–H and O–H groups in total. The third-order valence-corrected chi connectivity index (χ3v) is 2.56. The number of nitrogens with two attached hydrogens (primary N) is 1. The third kappa shape index (κ3) is 2.13. The Balaban J connectivity index is 1.70. The Labute approximate surface area is 104 Å². The quantitative estimate of drug-likeness (QED) is 0.849. The number of benzene rings is 1. The second-order valence-electron chi connectivity index (χ2n) is 3.87. The normalized spacial score (nSPS) is 12.4. The summed E-state index contributed by atoms with van der Waals surface area (Å²) in [5, 5.41) is 3.14. The molecule has 0 atom stereocenters. The Morgan fingerprint density at radius 3 is 3.00 bits per heavy atom. The molecule has 1 aromatic heterocycles. The predicted molar refractivity (Wildman–Crippen MR) is 66.3 cm³/mol. The highest BCUT2D eigenvalue weighted by atomic mass is 16.7. The summed E-state index contributed by atoms with van der Waals surface area (Å²) >= 11 is 0. The van der Waals surface area contributed by atoms with Crippen molar-refractivity contribution in [3.8, 4) is 11.5 Å². The van der Waals surface area contributed by atoms with Gasteiger partial charge in [0.05, 0.1) is 12.4 Å². The highest BCUT2D eigenvalue weighted by molar-refractivity contribution is 5.46. The van der Waals surface area contributed by atoms with Crippen LogP contribution >= 0.6 is 0 Å². The molecule has 0 aliphatic carbocycles. The van der Waals surface area contributed by atoms with E-state index >= 15 is 0 Å². The molecular weight excluding hydrogens is 232 g/mol. The smallest absolute Gasteiger partial charge is 0.231 e. The summed E-state index contributed by atoms with van der Waals surface area (Å²) in [6, 6.07) is 5.81. The van der Waals surface area contributed by atoms with Crippen molar-refractivity contribution < 1.29 is 9.47 Å². The van der Waals surface area contributed by atoms with Gasteiger partial charge in [-0.1, -0.05) is 6.07 Å². The van der Waals surface area contributed by atoms with Crippen molar-refractivity contribution in [2.75, 3.05) is 17.8 Å². The zero-order chi connectivity index (χ0) is 12.4. The van der Waals surface area contributed by atoms with Crippen molar-refractivity contribution in [3.63, 3.8) is 0 Å². The molecule has 1 aliphatic heterocycles. The van der Waals surface area contributed by atoms with Crippen molar-refractivity contribution in [2.24, 2.45) is 0 Å². The van der Waals surface area contributed by atoms with E-state index in [0.717, 1.165) is 17.1 Å². The predicted octanol–water partition coefficient (Wildman–Crippen LogP) is 1.40. The second kappa shape index (κ2) is 4.40. The number of hydrogen-bond acceptors (Lipinski definition) is 6. The van der Waals surface area contributed by atoms with Crippen LogP contribution in [0.3, 0.4) is 0 Å². The van der Waals surface area contributed by atoms with Gasteiger partial charge in [0.1, 0.15) is 11.6 Å². The molecule has 1 aromatic carbocycles. The van der Waals surface area contributed by atoms with Crippen LogP contribution in [0.15, 0.2) is 30.6 Å². The number of ether oxygens (including phenoxy) is 2. The average molecular weight is 244 g/mol. The van der Waals surface area contributed by atoms with E-state index in [1.54, 1.807) is 6.20 Å². The fourth-order valence-corrected chi connectivity index (χ4v) is 1.71. The highest BCUT2D eigenvalue weighted by Gasteiger charge is 2.12. The molecule has 2 heterocycles. The van der Waals surface area contributed by atoms with Crippen LogP contribution in [0.2, 0.25) is 0 Å². The van der Waals surface area contributed by atoms with Gasteiger partial charge in [-0.3, -0.25) is 4.98 Å². The summed E-state index contributed by atoms with van der Waals surface area (Å²) in [7, 11) is 0. The largest absolute Gasteiger partial charge is 0.454 e. The zero-order valence-electron chi connectivity index (χ0n) is 9.59. The molecule has 0 radical (unpaired) electrons. The number of nitrogen functional groups attached to an aromatic ring is 1. The molecule has 3 rings (SSSR count). The van der Waals surface area contributed by atoms with E-state index in [9.17, 15) is 0 Å². The maximum Gasteiger partial charge on any atom is 0.231 e. The summed E-state index contributed by atoms with van der Waals surface area (Å²) in [6.45, 7) is 0.904. The monoisotopic (exact) mass is 244 g/mol. The first-order valence-corrected chi connectivity index (χ1v) is 5.51. The average Bonchev–Trinajstić information content (AvgIpc) is 2.84. The SMILES string of the molecule is Nc1cncc(NCc2ccc3c(c2)OCO3)n1. The molecule has 18 heavy (non-hydrogen) atoms. The van der Waals surface area contributed by atoms with Gasteiger partial charge in [0, 0.05) is 6.54 Å². The zero-order valence-corrected chi connectivity index (χ0v) is 9.59. The van der Waals surface area contributed by atoms with E-state index in [0.29, 0.717) is 18.2 Å². The fourth-order valence-electron chi connectivity index (χ4n) is 1.71. The Morgan fingerprint density at radius 1 is 1.22 bits per heavy atom. The number of rotatable bonds is 3. The van der Waals surface area contributed by atoms with Crippen LogP contribution in [0.5, 0.6) is 11.5 Å². The second-order valence-corrected chi connectivity index (χ2v) is 3.87. The van der Waals surface area contributed by atoms with Gasteiger partial charge in [-0.05, 0) is 17.7 Å². The van der Waals surface area contributed by atoms with Crippen LogP contribution in [-0.2, 0) is 6.54 Å². The molecule has 92 valence electrons.